The highest BCUT2D eigenvalue weighted by Gasteiger charge is 2.28. The highest BCUT2D eigenvalue weighted by Crippen LogP contribution is 2.24. The summed E-state index contributed by atoms with van der Waals surface area (Å²) in [6, 6.07) is 9.45. The van der Waals surface area contributed by atoms with Crippen molar-refractivity contribution in [1.29, 1.82) is 0 Å². The average molecular weight is 357 g/mol. The van der Waals surface area contributed by atoms with Gasteiger partial charge in [-0.25, -0.2) is 0 Å². The number of nitrogens with one attached hydrogen (secondary N) is 2. The van der Waals surface area contributed by atoms with Gasteiger partial charge in [-0.1, -0.05) is 18.2 Å². The molecule has 1 aromatic carbocycles. The monoisotopic (exact) mass is 357 g/mol. The molecule has 1 fully saturated rings. The molecule has 0 spiro atoms. The van der Waals surface area contributed by atoms with Gasteiger partial charge >= 0.3 is 0 Å². The first-order valence-corrected chi connectivity index (χ1v) is 9.24. The van der Waals surface area contributed by atoms with E-state index < -0.39 is 0 Å². The Hall–Kier alpha value is -2.34. The van der Waals surface area contributed by atoms with E-state index >= 15 is 0 Å². The van der Waals surface area contributed by atoms with Crippen LogP contribution in [0.4, 0.5) is 0 Å². The first kappa shape index (κ1) is 18.5. The van der Waals surface area contributed by atoms with Crippen molar-refractivity contribution in [1.82, 2.24) is 15.5 Å². The van der Waals surface area contributed by atoms with E-state index in [4.69, 9.17) is 4.42 Å². The van der Waals surface area contributed by atoms with E-state index in [1.165, 1.54) is 6.92 Å². The third kappa shape index (κ3) is 4.25. The molecule has 0 bridgehead atoms. The van der Waals surface area contributed by atoms with Crippen molar-refractivity contribution in [2.24, 2.45) is 0 Å². The lowest BCUT2D eigenvalue weighted by Crippen LogP contribution is -2.54. The largest absolute Gasteiger partial charge is 0.459 e. The van der Waals surface area contributed by atoms with Crippen LogP contribution in [0.15, 0.2) is 34.7 Å². The van der Waals surface area contributed by atoms with Gasteiger partial charge in [-0.2, -0.15) is 0 Å². The summed E-state index contributed by atoms with van der Waals surface area (Å²) < 4.78 is 5.84. The maximum atomic E-state index is 12.7. The molecule has 1 aliphatic rings. The minimum Gasteiger partial charge on any atom is -0.459 e. The van der Waals surface area contributed by atoms with Crippen molar-refractivity contribution in [3.05, 3.63) is 36.1 Å². The maximum absolute atomic E-state index is 12.7. The summed E-state index contributed by atoms with van der Waals surface area (Å²) in [6.07, 6.45) is 1.93. The van der Waals surface area contributed by atoms with Crippen LogP contribution in [0.1, 0.15) is 45.4 Å². The van der Waals surface area contributed by atoms with Crippen molar-refractivity contribution in [2.75, 3.05) is 13.1 Å². The Bertz CT molecular complexity index is 752. The summed E-state index contributed by atoms with van der Waals surface area (Å²) in [6.45, 7) is 6.94. The van der Waals surface area contributed by atoms with Crippen LogP contribution in [0.3, 0.4) is 0 Å². The van der Waals surface area contributed by atoms with E-state index in [9.17, 15) is 9.59 Å². The molecule has 0 radical (unpaired) electrons. The Labute approximate surface area is 153 Å². The van der Waals surface area contributed by atoms with Gasteiger partial charge in [0.1, 0.15) is 11.3 Å². The SMILES string of the molecule is CC(=O)NC1CCCN(C(C)C(=O)NC(C)c2cc3ccccc3o2)C1. The molecule has 1 saturated heterocycles. The van der Waals surface area contributed by atoms with Crippen LogP contribution < -0.4 is 10.6 Å². The summed E-state index contributed by atoms with van der Waals surface area (Å²) in [7, 11) is 0. The fourth-order valence-electron chi connectivity index (χ4n) is 3.55. The molecule has 1 aliphatic heterocycles. The molecule has 3 rings (SSSR count). The zero-order valence-electron chi connectivity index (χ0n) is 15.6. The number of nitrogens with zero attached hydrogens (tertiary/aromatic N) is 1. The summed E-state index contributed by atoms with van der Waals surface area (Å²) in [5.74, 6) is 0.704. The summed E-state index contributed by atoms with van der Waals surface area (Å²) in [4.78, 5) is 26.1. The third-order valence-corrected chi connectivity index (χ3v) is 5.02. The second-order valence-corrected chi connectivity index (χ2v) is 7.13. The molecule has 26 heavy (non-hydrogen) atoms. The van der Waals surface area contributed by atoms with Crippen LogP contribution in [-0.2, 0) is 9.59 Å². The number of hydrogen-bond acceptors (Lipinski definition) is 4. The fraction of sp³-hybridized carbons (Fsp3) is 0.500. The number of fused-ring (bicyclic) bond motifs is 1. The smallest absolute Gasteiger partial charge is 0.237 e. The van der Waals surface area contributed by atoms with Gasteiger partial charge in [-0.05, 0) is 45.4 Å². The first-order valence-electron chi connectivity index (χ1n) is 9.24. The lowest BCUT2D eigenvalue weighted by atomic mass is 10.0. The predicted octanol–water partition coefficient (Wildman–Crippen LogP) is 2.60. The highest BCUT2D eigenvalue weighted by molar-refractivity contribution is 5.82. The molecule has 1 aromatic heterocycles. The zero-order chi connectivity index (χ0) is 18.7. The molecule has 0 aliphatic carbocycles. The Kier molecular flexibility index (Phi) is 5.61. The van der Waals surface area contributed by atoms with Crippen molar-refractivity contribution in [3.63, 3.8) is 0 Å². The van der Waals surface area contributed by atoms with Gasteiger partial charge in [-0.3, -0.25) is 14.5 Å². The second kappa shape index (κ2) is 7.91. The van der Waals surface area contributed by atoms with Crippen molar-refractivity contribution < 1.29 is 14.0 Å². The highest BCUT2D eigenvalue weighted by atomic mass is 16.3. The molecule has 2 aromatic rings. The number of rotatable bonds is 5. The lowest BCUT2D eigenvalue weighted by Gasteiger charge is -2.36. The van der Waals surface area contributed by atoms with Gasteiger partial charge in [0.2, 0.25) is 11.8 Å². The number of likely N-dealkylation sites (tertiary alicyclic amines) is 1. The number of carbonyl (C=O) groups is 2. The van der Waals surface area contributed by atoms with E-state index in [0.717, 1.165) is 36.1 Å². The summed E-state index contributed by atoms with van der Waals surface area (Å²) in [5.41, 5.74) is 0.825. The van der Waals surface area contributed by atoms with Crippen LogP contribution in [0.2, 0.25) is 0 Å². The minimum absolute atomic E-state index is 0.0209. The van der Waals surface area contributed by atoms with Crippen molar-refractivity contribution in [2.45, 2.75) is 51.7 Å². The van der Waals surface area contributed by atoms with Crippen LogP contribution in [0, 0.1) is 0 Å². The molecular formula is C20H27N3O3. The maximum Gasteiger partial charge on any atom is 0.237 e. The second-order valence-electron chi connectivity index (χ2n) is 7.13. The van der Waals surface area contributed by atoms with Crippen molar-refractivity contribution in [3.8, 4) is 0 Å². The summed E-state index contributed by atoms with van der Waals surface area (Å²) >= 11 is 0. The van der Waals surface area contributed by atoms with Gasteiger partial charge in [-0.15, -0.1) is 0 Å². The van der Waals surface area contributed by atoms with E-state index in [1.54, 1.807) is 0 Å². The standard InChI is InChI=1S/C20H27N3O3/c1-13(19-11-16-7-4-5-9-18(16)26-19)21-20(25)14(2)23-10-6-8-17(12-23)22-15(3)24/h4-5,7,9,11,13-14,17H,6,8,10,12H2,1-3H3,(H,21,25)(H,22,24). The van der Waals surface area contributed by atoms with Crippen LogP contribution in [-0.4, -0.2) is 41.9 Å². The van der Waals surface area contributed by atoms with Crippen LogP contribution in [0.25, 0.3) is 11.0 Å². The lowest BCUT2D eigenvalue weighted by molar-refractivity contribution is -0.127. The van der Waals surface area contributed by atoms with Gasteiger partial charge in [0.25, 0.3) is 0 Å². The van der Waals surface area contributed by atoms with E-state index in [1.807, 2.05) is 44.2 Å². The van der Waals surface area contributed by atoms with Crippen LogP contribution >= 0.6 is 0 Å². The Balaban J connectivity index is 1.60. The van der Waals surface area contributed by atoms with Crippen molar-refractivity contribution >= 4 is 22.8 Å². The number of hydrogen-bond donors (Lipinski definition) is 2. The van der Waals surface area contributed by atoms with Gasteiger partial charge in [0, 0.05) is 24.9 Å². The van der Waals surface area contributed by atoms with Crippen LogP contribution in [0.5, 0.6) is 0 Å². The molecule has 3 atom stereocenters. The molecule has 6 nitrogen and oxygen atoms in total. The molecule has 2 amide bonds. The molecular weight excluding hydrogens is 330 g/mol. The molecule has 6 heteroatoms. The first-order chi connectivity index (χ1) is 12.4. The van der Waals surface area contributed by atoms with Gasteiger partial charge in [0.15, 0.2) is 0 Å². The number of furan rings is 1. The Morgan fingerprint density at radius 3 is 2.77 bits per heavy atom. The predicted molar refractivity (Wildman–Crippen MR) is 101 cm³/mol. The normalized spacial score (nSPS) is 20.5. The Morgan fingerprint density at radius 2 is 2.04 bits per heavy atom. The number of amides is 2. The number of piperidine rings is 1. The Morgan fingerprint density at radius 1 is 1.27 bits per heavy atom. The van der Waals surface area contributed by atoms with E-state index in [-0.39, 0.29) is 29.9 Å². The third-order valence-electron chi connectivity index (χ3n) is 5.02. The quantitative estimate of drug-likeness (QED) is 0.863. The topological polar surface area (TPSA) is 74.6 Å². The van der Waals surface area contributed by atoms with Gasteiger partial charge < -0.3 is 15.1 Å². The van der Waals surface area contributed by atoms with Gasteiger partial charge in [0.05, 0.1) is 12.1 Å². The summed E-state index contributed by atoms with van der Waals surface area (Å²) in [5, 5.41) is 7.04. The zero-order valence-corrected chi connectivity index (χ0v) is 15.6. The molecule has 2 heterocycles. The average Bonchev–Trinajstić information content (AvgIpc) is 3.05. The number of para-hydroxylation sites is 1. The molecule has 0 saturated carbocycles. The van der Waals surface area contributed by atoms with E-state index in [0.29, 0.717) is 6.54 Å². The minimum atomic E-state index is -0.251. The van der Waals surface area contributed by atoms with E-state index in [2.05, 4.69) is 15.5 Å². The molecule has 140 valence electrons. The molecule has 2 N–H and O–H groups in total. The number of benzene rings is 1. The molecule has 3 unspecified atom stereocenters. The fourth-order valence-corrected chi connectivity index (χ4v) is 3.55. The number of carbonyl (C=O) groups excluding carboxylic acids is 2.